The second-order valence-electron chi connectivity index (χ2n) is 2.11. The summed E-state index contributed by atoms with van der Waals surface area (Å²) in [5, 5.41) is 0. The Morgan fingerprint density at radius 1 is 1.75 bits per heavy atom. The lowest BCUT2D eigenvalue weighted by molar-refractivity contribution is 0.0601. The van der Waals surface area contributed by atoms with E-state index in [2.05, 4.69) is 9.72 Å². The van der Waals surface area contributed by atoms with Gasteiger partial charge in [-0.05, 0) is 6.07 Å². The molecule has 0 radical (unpaired) electrons. The Balaban J connectivity index is 0.00000121. The molecule has 1 aromatic rings. The van der Waals surface area contributed by atoms with Crippen LogP contribution in [0.15, 0.2) is 12.3 Å². The number of carbonyl (C=O) groups excluding carboxylic acids is 1. The summed E-state index contributed by atoms with van der Waals surface area (Å²) in [6, 6.07) is 1.67. The predicted molar refractivity (Wildman–Crippen MR) is 47.3 cm³/mol. The van der Waals surface area contributed by atoms with E-state index < -0.39 is 0 Å². The van der Waals surface area contributed by atoms with Gasteiger partial charge in [-0.1, -0.05) is 0 Å². The fourth-order valence-electron chi connectivity index (χ4n) is 0.795. The van der Waals surface area contributed by atoms with Crippen molar-refractivity contribution in [2.75, 3.05) is 7.11 Å². The van der Waals surface area contributed by atoms with Crippen LogP contribution in [0.3, 0.4) is 0 Å². The molecule has 68 valence electrons. The molecule has 1 heterocycles. The maximum absolute atomic E-state index is 10.9. The third kappa shape index (κ3) is 2.25. The first-order valence-electron chi connectivity index (χ1n) is 3.23. The van der Waals surface area contributed by atoms with Crippen LogP contribution in [0, 0.1) is 0 Å². The van der Waals surface area contributed by atoms with E-state index in [-0.39, 0.29) is 18.4 Å². The van der Waals surface area contributed by atoms with Gasteiger partial charge >= 0.3 is 5.97 Å². The highest BCUT2D eigenvalue weighted by atomic mass is 35.5. The van der Waals surface area contributed by atoms with Crippen LogP contribution in [-0.4, -0.2) is 18.1 Å². The SMILES string of the molecule is COC(=O)c1c[nH]c(CN)c1.Cl. The molecule has 0 aliphatic heterocycles. The summed E-state index contributed by atoms with van der Waals surface area (Å²) < 4.78 is 4.49. The minimum atomic E-state index is -0.346. The van der Waals surface area contributed by atoms with Gasteiger partial charge < -0.3 is 15.5 Å². The topological polar surface area (TPSA) is 68.1 Å². The number of halogens is 1. The number of aromatic amines is 1. The summed E-state index contributed by atoms with van der Waals surface area (Å²) in [7, 11) is 1.34. The number of ether oxygens (including phenoxy) is 1. The lowest BCUT2D eigenvalue weighted by Gasteiger charge is -1.91. The van der Waals surface area contributed by atoms with E-state index in [9.17, 15) is 4.79 Å². The Hall–Kier alpha value is -1.00. The summed E-state index contributed by atoms with van der Waals surface area (Å²) in [5.74, 6) is -0.346. The van der Waals surface area contributed by atoms with Gasteiger partial charge in [-0.15, -0.1) is 12.4 Å². The van der Waals surface area contributed by atoms with E-state index >= 15 is 0 Å². The van der Waals surface area contributed by atoms with Gasteiger partial charge in [0.15, 0.2) is 0 Å². The number of nitrogens with one attached hydrogen (secondary N) is 1. The lowest BCUT2D eigenvalue weighted by atomic mass is 10.3. The predicted octanol–water partition coefficient (Wildman–Crippen LogP) is 0.682. The highest BCUT2D eigenvalue weighted by Gasteiger charge is 2.06. The van der Waals surface area contributed by atoms with Crippen molar-refractivity contribution in [2.45, 2.75) is 6.54 Å². The fraction of sp³-hybridized carbons (Fsp3) is 0.286. The maximum Gasteiger partial charge on any atom is 0.339 e. The first-order valence-corrected chi connectivity index (χ1v) is 3.23. The largest absolute Gasteiger partial charge is 0.465 e. The highest BCUT2D eigenvalue weighted by molar-refractivity contribution is 5.89. The quantitative estimate of drug-likeness (QED) is 0.674. The Morgan fingerprint density at radius 3 is 2.83 bits per heavy atom. The summed E-state index contributed by atoms with van der Waals surface area (Å²) in [5.41, 5.74) is 6.65. The molecule has 5 heteroatoms. The average molecular weight is 191 g/mol. The molecule has 4 nitrogen and oxygen atoms in total. The van der Waals surface area contributed by atoms with Crippen molar-refractivity contribution >= 4 is 18.4 Å². The average Bonchev–Trinajstić information content (AvgIpc) is 2.50. The van der Waals surface area contributed by atoms with E-state index in [1.54, 1.807) is 12.3 Å². The minimum absolute atomic E-state index is 0. The van der Waals surface area contributed by atoms with E-state index in [1.165, 1.54) is 7.11 Å². The third-order valence-electron chi connectivity index (χ3n) is 1.38. The number of carbonyl (C=O) groups is 1. The Bertz CT molecular complexity index is 260. The Kier molecular flexibility index (Phi) is 4.39. The van der Waals surface area contributed by atoms with E-state index in [0.717, 1.165) is 5.69 Å². The number of aromatic nitrogens is 1. The van der Waals surface area contributed by atoms with Crippen molar-refractivity contribution in [3.8, 4) is 0 Å². The normalized spacial score (nSPS) is 8.83. The molecular weight excluding hydrogens is 180 g/mol. The van der Waals surface area contributed by atoms with Crippen molar-refractivity contribution in [1.29, 1.82) is 0 Å². The number of esters is 1. The zero-order valence-corrected chi connectivity index (χ0v) is 7.48. The number of methoxy groups -OCH3 is 1. The molecule has 0 fully saturated rings. The van der Waals surface area contributed by atoms with Gasteiger partial charge in [0.1, 0.15) is 0 Å². The van der Waals surface area contributed by atoms with Gasteiger partial charge in [0.25, 0.3) is 0 Å². The van der Waals surface area contributed by atoms with Crippen LogP contribution in [0.4, 0.5) is 0 Å². The van der Waals surface area contributed by atoms with Gasteiger partial charge in [0.2, 0.25) is 0 Å². The summed E-state index contributed by atoms with van der Waals surface area (Å²) in [6.07, 6.45) is 1.58. The molecule has 0 aliphatic carbocycles. The van der Waals surface area contributed by atoms with Crippen LogP contribution in [0.2, 0.25) is 0 Å². The van der Waals surface area contributed by atoms with Crippen molar-refractivity contribution < 1.29 is 9.53 Å². The molecule has 0 saturated heterocycles. The van der Waals surface area contributed by atoms with Gasteiger partial charge in [-0.3, -0.25) is 0 Å². The lowest BCUT2D eigenvalue weighted by Crippen LogP contribution is -1.99. The van der Waals surface area contributed by atoms with Crippen LogP contribution in [0.25, 0.3) is 0 Å². The van der Waals surface area contributed by atoms with Crippen molar-refractivity contribution in [2.24, 2.45) is 5.73 Å². The summed E-state index contributed by atoms with van der Waals surface area (Å²) >= 11 is 0. The van der Waals surface area contributed by atoms with Crippen molar-refractivity contribution in [3.63, 3.8) is 0 Å². The summed E-state index contributed by atoms with van der Waals surface area (Å²) in [6.45, 7) is 0.400. The molecule has 0 bridgehead atoms. The number of H-pyrrole nitrogens is 1. The van der Waals surface area contributed by atoms with Gasteiger partial charge in [0, 0.05) is 18.4 Å². The van der Waals surface area contributed by atoms with Crippen molar-refractivity contribution in [1.82, 2.24) is 4.98 Å². The molecule has 0 saturated carbocycles. The molecule has 0 atom stereocenters. The highest BCUT2D eigenvalue weighted by Crippen LogP contribution is 2.03. The van der Waals surface area contributed by atoms with E-state index in [4.69, 9.17) is 5.73 Å². The standard InChI is InChI=1S/C7H10N2O2.ClH/c1-11-7(10)5-2-6(3-8)9-4-5;/h2,4,9H,3,8H2,1H3;1H. The molecular formula is C7H11ClN2O2. The van der Waals surface area contributed by atoms with Crippen LogP contribution in [0.1, 0.15) is 16.1 Å². The molecule has 0 aliphatic rings. The molecule has 3 N–H and O–H groups in total. The zero-order valence-electron chi connectivity index (χ0n) is 6.66. The first-order chi connectivity index (χ1) is 5.27. The van der Waals surface area contributed by atoms with Gasteiger partial charge in [-0.2, -0.15) is 0 Å². The second kappa shape index (κ2) is 4.79. The molecule has 12 heavy (non-hydrogen) atoms. The summed E-state index contributed by atoms with van der Waals surface area (Å²) in [4.78, 5) is 13.7. The Labute approximate surface area is 76.5 Å². The molecule has 1 rings (SSSR count). The molecule has 0 aromatic carbocycles. The van der Waals surface area contributed by atoms with Crippen LogP contribution >= 0.6 is 12.4 Å². The van der Waals surface area contributed by atoms with Crippen molar-refractivity contribution in [3.05, 3.63) is 23.5 Å². The zero-order chi connectivity index (χ0) is 8.27. The van der Waals surface area contributed by atoms with E-state index in [1.807, 2.05) is 0 Å². The third-order valence-corrected chi connectivity index (χ3v) is 1.38. The number of hydrogen-bond donors (Lipinski definition) is 2. The first kappa shape index (κ1) is 11.0. The van der Waals surface area contributed by atoms with Crippen LogP contribution in [0.5, 0.6) is 0 Å². The monoisotopic (exact) mass is 190 g/mol. The maximum atomic E-state index is 10.9. The second-order valence-corrected chi connectivity index (χ2v) is 2.11. The minimum Gasteiger partial charge on any atom is -0.465 e. The molecule has 0 spiro atoms. The Morgan fingerprint density at radius 2 is 2.42 bits per heavy atom. The molecule has 1 aromatic heterocycles. The van der Waals surface area contributed by atoms with Gasteiger partial charge in [0.05, 0.1) is 12.7 Å². The number of hydrogen-bond acceptors (Lipinski definition) is 3. The molecule has 0 unspecified atom stereocenters. The van der Waals surface area contributed by atoms with Crippen LogP contribution in [-0.2, 0) is 11.3 Å². The molecule has 0 amide bonds. The van der Waals surface area contributed by atoms with Crippen LogP contribution < -0.4 is 5.73 Å². The fourth-order valence-corrected chi connectivity index (χ4v) is 0.795. The van der Waals surface area contributed by atoms with E-state index in [0.29, 0.717) is 12.1 Å². The smallest absolute Gasteiger partial charge is 0.339 e. The van der Waals surface area contributed by atoms with Gasteiger partial charge in [-0.25, -0.2) is 4.79 Å². The number of rotatable bonds is 2. The number of nitrogens with two attached hydrogens (primary N) is 1.